The van der Waals surface area contributed by atoms with Gasteiger partial charge in [0.1, 0.15) is 0 Å². The van der Waals surface area contributed by atoms with E-state index in [-0.39, 0.29) is 0 Å². The zero-order valence-electron chi connectivity index (χ0n) is 11.4. The molecule has 0 bridgehead atoms. The molecule has 0 aliphatic carbocycles. The van der Waals surface area contributed by atoms with Crippen LogP contribution in [0.3, 0.4) is 0 Å². The standard InChI is InChI=1S/C14H31N/c1-5-7-8-9-10-11-14(3,4)13-15-12-6-2/h15H,5-13H2,1-4H3. The Balaban J connectivity index is 3.38. The monoisotopic (exact) mass is 213 g/mol. The van der Waals surface area contributed by atoms with Crippen LogP contribution < -0.4 is 5.32 Å². The highest BCUT2D eigenvalue weighted by Gasteiger charge is 2.15. The summed E-state index contributed by atoms with van der Waals surface area (Å²) in [7, 11) is 0. The molecule has 0 aliphatic heterocycles. The second-order valence-electron chi connectivity index (χ2n) is 5.51. The maximum Gasteiger partial charge on any atom is 0.000251 e. The SMILES string of the molecule is CCCCCCCC(C)(C)CNCCC. The lowest BCUT2D eigenvalue weighted by atomic mass is 9.86. The van der Waals surface area contributed by atoms with Gasteiger partial charge in [0.2, 0.25) is 0 Å². The Labute approximate surface area is 97.0 Å². The van der Waals surface area contributed by atoms with E-state index in [1.807, 2.05) is 0 Å². The molecule has 0 saturated heterocycles. The van der Waals surface area contributed by atoms with Crippen LogP contribution in [0.1, 0.15) is 72.6 Å². The van der Waals surface area contributed by atoms with E-state index < -0.39 is 0 Å². The molecule has 0 unspecified atom stereocenters. The van der Waals surface area contributed by atoms with E-state index in [1.54, 1.807) is 0 Å². The third kappa shape index (κ3) is 10.2. The second kappa shape index (κ2) is 9.21. The fourth-order valence-corrected chi connectivity index (χ4v) is 1.90. The summed E-state index contributed by atoms with van der Waals surface area (Å²) in [6.07, 6.45) is 9.62. The second-order valence-corrected chi connectivity index (χ2v) is 5.51. The van der Waals surface area contributed by atoms with Crippen molar-refractivity contribution < 1.29 is 0 Å². The Morgan fingerprint density at radius 1 is 0.867 bits per heavy atom. The number of hydrogen-bond donors (Lipinski definition) is 1. The molecule has 1 heteroatoms. The zero-order valence-corrected chi connectivity index (χ0v) is 11.4. The fraction of sp³-hybridized carbons (Fsp3) is 1.00. The average molecular weight is 213 g/mol. The van der Waals surface area contributed by atoms with Gasteiger partial charge in [-0.25, -0.2) is 0 Å². The van der Waals surface area contributed by atoms with Crippen LogP contribution in [0.2, 0.25) is 0 Å². The Hall–Kier alpha value is -0.0400. The van der Waals surface area contributed by atoms with Crippen LogP contribution in [-0.2, 0) is 0 Å². The van der Waals surface area contributed by atoms with Crippen molar-refractivity contribution in [2.75, 3.05) is 13.1 Å². The molecule has 1 nitrogen and oxygen atoms in total. The molecule has 0 spiro atoms. The Kier molecular flexibility index (Phi) is 9.18. The molecule has 0 aromatic carbocycles. The maximum absolute atomic E-state index is 3.53. The molecule has 0 aromatic rings. The van der Waals surface area contributed by atoms with Crippen molar-refractivity contribution >= 4 is 0 Å². The number of rotatable bonds is 10. The highest BCUT2D eigenvalue weighted by Crippen LogP contribution is 2.23. The van der Waals surface area contributed by atoms with Crippen molar-refractivity contribution in [3.63, 3.8) is 0 Å². The van der Waals surface area contributed by atoms with Crippen LogP contribution in [0.25, 0.3) is 0 Å². The largest absolute Gasteiger partial charge is 0.316 e. The summed E-state index contributed by atoms with van der Waals surface area (Å²) in [4.78, 5) is 0. The van der Waals surface area contributed by atoms with Gasteiger partial charge in [0, 0.05) is 6.54 Å². The van der Waals surface area contributed by atoms with Crippen molar-refractivity contribution in [2.24, 2.45) is 5.41 Å². The summed E-state index contributed by atoms with van der Waals surface area (Å²) < 4.78 is 0. The molecule has 15 heavy (non-hydrogen) atoms. The smallest absolute Gasteiger partial charge is 0.000251 e. The average Bonchev–Trinajstić information content (AvgIpc) is 2.17. The molecule has 0 heterocycles. The van der Waals surface area contributed by atoms with Crippen LogP contribution in [-0.4, -0.2) is 13.1 Å². The van der Waals surface area contributed by atoms with E-state index in [4.69, 9.17) is 0 Å². The molecular formula is C14H31N. The maximum atomic E-state index is 3.53. The molecule has 0 aliphatic rings. The van der Waals surface area contributed by atoms with Gasteiger partial charge in [-0.15, -0.1) is 0 Å². The van der Waals surface area contributed by atoms with E-state index in [0.29, 0.717) is 5.41 Å². The van der Waals surface area contributed by atoms with Gasteiger partial charge in [-0.05, 0) is 24.8 Å². The molecule has 0 radical (unpaired) electrons. The molecule has 92 valence electrons. The molecule has 1 N–H and O–H groups in total. The summed E-state index contributed by atoms with van der Waals surface area (Å²) in [5, 5.41) is 3.53. The quantitative estimate of drug-likeness (QED) is 0.531. The van der Waals surface area contributed by atoms with Gasteiger partial charge in [-0.1, -0.05) is 59.8 Å². The van der Waals surface area contributed by atoms with Gasteiger partial charge < -0.3 is 5.32 Å². The first-order chi connectivity index (χ1) is 7.12. The Morgan fingerprint density at radius 3 is 2.13 bits per heavy atom. The van der Waals surface area contributed by atoms with Gasteiger partial charge in [0.15, 0.2) is 0 Å². The van der Waals surface area contributed by atoms with Crippen LogP contribution in [0.4, 0.5) is 0 Å². The summed E-state index contributed by atoms with van der Waals surface area (Å²) in [5.74, 6) is 0. The van der Waals surface area contributed by atoms with Gasteiger partial charge in [-0.3, -0.25) is 0 Å². The number of hydrogen-bond acceptors (Lipinski definition) is 1. The van der Waals surface area contributed by atoms with Crippen molar-refractivity contribution in [1.82, 2.24) is 5.32 Å². The van der Waals surface area contributed by atoms with E-state index in [2.05, 4.69) is 33.0 Å². The lowest BCUT2D eigenvalue weighted by Gasteiger charge is -2.25. The Bertz CT molecular complexity index is 129. The predicted molar refractivity (Wildman–Crippen MR) is 70.3 cm³/mol. The minimum absolute atomic E-state index is 0.487. The first kappa shape index (κ1) is 15.0. The number of unbranched alkanes of at least 4 members (excludes halogenated alkanes) is 4. The minimum Gasteiger partial charge on any atom is -0.316 e. The van der Waals surface area contributed by atoms with Gasteiger partial charge in [0.05, 0.1) is 0 Å². The molecule has 0 fully saturated rings. The third-order valence-electron chi connectivity index (χ3n) is 2.99. The summed E-state index contributed by atoms with van der Waals surface area (Å²) in [6, 6.07) is 0. The third-order valence-corrected chi connectivity index (χ3v) is 2.99. The van der Waals surface area contributed by atoms with Gasteiger partial charge in [-0.2, -0.15) is 0 Å². The first-order valence-corrected chi connectivity index (χ1v) is 6.83. The highest BCUT2D eigenvalue weighted by molar-refractivity contribution is 4.71. The van der Waals surface area contributed by atoms with Gasteiger partial charge >= 0.3 is 0 Å². The predicted octanol–water partition coefficient (Wildman–Crippen LogP) is 4.37. The van der Waals surface area contributed by atoms with Crippen molar-refractivity contribution in [1.29, 1.82) is 0 Å². The van der Waals surface area contributed by atoms with Crippen molar-refractivity contribution in [3.8, 4) is 0 Å². The Morgan fingerprint density at radius 2 is 1.53 bits per heavy atom. The lowest BCUT2D eigenvalue weighted by molar-refractivity contribution is 0.302. The van der Waals surface area contributed by atoms with E-state index in [9.17, 15) is 0 Å². The zero-order chi connectivity index (χ0) is 11.6. The van der Waals surface area contributed by atoms with Crippen molar-refractivity contribution in [2.45, 2.75) is 72.6 Å². The lowest BCUT2D eigenvalue weighted by Crippen LogP contribution is -2.29. The number of nitrogens with one attached hydrogen (secondary N) is 1. The van der Waals surface area contributed by atoms with E-state index in [0.717, 1.165) is 0 Å². The highest BCUT2D eigenvalue weighted by atomic mass is 14.9. The summed E-state index contributed by atoms with van der Waals surface area (Å²) >= 11 is 0. The minimum atomic E-state index is 0.487. The van der Waals surface area contributed by atoms with Crippen LogP contribution in [0.5, 0.6) is 0 Å². The van der Waals surface area contributed by atoms with E-state index >= 15 is 0 Å². The first-order valence-electron chi connectivity index (χ1n) is 6.83. The van der Waals surface area contributed by atoms with Gasteiger partial charge in [0.25, 0.3) is 0 Å². The summed E-state index contributed by atoms with van der Waals surface area (Å²) in [5.41, 5.74) is 0.487. The molecule has 0 saturated carbocycles. The van der Waals surface area contributed by atoms with E-state index in [1.165, 1.54) is 58.0 Å². The van der Waals surface area contributed by atoms with Crippen molar-refractivity contribution in [3.05, 3.63) is 0 Å². The topological polar surface area (TPSA) is 12.0 Å². The van der Waals surface area contributed by atoms with Crippen LogP contribution >= 0.6 is 0 Å². The molecular weight excluding hydrogens is 182 g/mol. The molecule has 0 aromatic heterocycles. The normalized spacial score (nSPS) is 12.0. The molecule has 0 amide bonds. The summed E-state index contributed by atoms with van der Waals surface area (Å²) in [6.45, 7) is 11.6. The fourth-order valence-electron chi connectivity index (χ4n) is 1.90. The van der Waals surface area contributed by atoms with Crippen LogP contribution in [0, 0.1) is 5.41 Å². The molecule has 0 atom stereocenters. The molecule has 0 rings (SSSR count). The van der Waals surface area contributed by atoms with Crippen LogP contribution in [0.15, 0.2) is 0 Å².